The summed E-state index contributed by atoms with van der Waals surface area (Å²) in [5, 5.41) is 0. The quantitative estimate of drug-likeness (QED) is 0.334. The fraction of sp³-hybridized carbons (Fsp3) is 0.643. The first-order valence-corrected chi connectivity index (χ1v) is 12.7. The van der Waals surface area contributed by atoms with E-state index in [0.29, 0.717) is 0 Å². The van der Waals surface area contributed by atoms with Crippen LogP contribution in [0.25, 0.3) is 11.4 Å². The van der Waals surface area contributed by atoms with Crippen molar-refractivity contribution in [3.8, 4) is 11.4 Å². The largest absolute Gasteiger partial charge is 0.236 e. The molecule has 2 nitrogen and oxygen atoms in total. The van der Waals surface area contributed by atoms with Crippen molar-refractivity contribution in [3.05, 3.63) is 47.3 Å². The summed E-state index contributed by atoms with van der Waals surface area (Å²) < 4.78 is 0. The van der Waals surface area contributed by atoms with Gasteiger partial charge in [-0.3, -0.25) is 0 Å². The van der Waals surface area contributed by atoms with Crippen LogP contribution in [0.2, 0.25) is 0 Å². The Bertz CT molecular complexity index is 750. The molecule has 0 N–H and O–H groups in total. The van der Waals surface area contributed by atoms with Gasteiger partial charge < -0.3 is 0 Å². The highest BCUT2D eigenvalue weighted by molar-refractivity contribution is 5.55. The van der Waals surface area contributed by atoms with Crippen LogP contribution in [0.15, 0.2) is 30.5 Å². The second-order valence-corrected chi connectivity index (χ2v) is 9.43. The summed E-state index contributed by atoms with van der Waals surface area (Å²) in [4.78, 5) is 9.72. The van der Waals surface area contributed by atoms with Crippen molar-refractivity contribution in [3.63, 3.8) is 0 Å². The van der Waals surface area contributed by atoms with Gasteiger partial charge in [-0.1, -0.05) is 90.0 Å². The molecule has 30 heavy (non-hydrogen) atoms. The van der Waals surface area contributed by atoms with E-state index in [1.54, 1.807) is 0 Å². The second kappa shape index (κ2) is 12.2. The Morgan fingerprint density at radius 1 is 0.967 bits per heavy atom. The summed E-state index contributed by atoms with van der Waals surface area (Å²) in [5.74, 6) is 2.62. The number of hydrogen-bond acceptors (Lipinski definition) is 2. The molecule has 0 radical (unpaired) electrons. The van der Waals surface area contributed by atoms with Crippen LogP contribution >= 0.6 is 0 Å². The zero-order chi connectivity index (χ0) is 21.2. The molecule has 2 heteroatoms. The van der Waals surface area contributed by atoms with E-state index in [0.717, 1.165) is 29.6 Å². The van der Waals surface area contributed by atoms with Crippen molar-refractivity contribution < 1.29 is 0 Å². The zero-order valence-electron chi connectivity index (χ0n) is 19.6. The van der Waals surface area contributed by atoms with Crippen molar-refractivity contribution in [1.29, 1.82) is 0 Å². The van der Waals surface area contributed by atoms with Crippen LogP contribution in [0.3, 0.4) is 0 Å². The van der Waals surface area contributed by atoms with E-state index in [2.05, 4.69) is 51.2 Å². The molecule has 1 aromatic carbocycles. The van der Waals surface area contributed by atoms with Crippen LogP contribution < -0.4 is 0 Å². The molecule has 0 saturated heterocycles. The van der Waals surface area contributed by atoms with Gasteiger partial charge >= 0.3 is 0 Å². The standard InChI is InChI=1S/C28H42N2/c1-4-7-9-10-12-23-13-16-25(17-14-23)28-29-21-26-20-24(15-18-27(26)30-28)19-22(6-3)11-8-5-2/h13-14,16-17,21-22,24H,4-12,15,18-20H2,1-3H3. The highest BCUT2D eigenvalue weighted by atomic mass is 14.9. The summed E-state index contributed by atoms with van der Waals surface area (Å²) in [6.45, 7) is 6.94. The molecule has 1 heterocycles. The van der Waals surface area contributed by atoms with Gasteiger partial charge in [0.1, 0.15) is 0 Å². The molecule has 1 aliphatic carbocycles. The number of fused-ring (bicyclic) bond motifs is 1. The maximum atomic E-state index is 4.97. The molecular weight excluding hydrogens is 364 g/mol. The summed E-state index contributed by atoms with van der Waals surface area (Å²) in [5.41, 5.74) is 5.28. The molecule has 3 rings (SSSR count). The monoisotopic (exact) mass is 406 g/mol. The average Bonchev–Trinajstić information content (AvgIpc) is 2.79. The van der Waals surface area contributed by atoms with Gasteiger partial charge in [0.15, 0.2) is 5.82 Å². The number of benzene rings is 1. The van der Waals surface area contributed by atoms with Gasteiger partial charge in [-0.2, -0.15) is 0 Å². The van der Waals surface area contributed by atoms with Crippen LogP contribution in [0, 0.1) is 11.8 Å². The van der Waals surface area contributed by atoms with Gasteiger partial charge in [0, 0.05) is 17.5 Å². The summed E-state index contributed by atoms with van der Waals surface area (Å²) in [7, 11) is 0. The molecule has 2 aromatic rings. The van der Waals surface area contributed by atoms with Gasteiger partial charge in [0.05, 0.1) is 0 Å². The van der Waals surface area contributed by atoms with E-state index in [1.807, 2.05) is 0 Å². The van der Waals surface area contributed by atoms with Crippen molar-refractivity contribution in [2.45, 2.75) is 104 Å². The highest BCUT2D eigenvalue weighted by Crippen LogP contribution is 2.32. The minimum absolute atomic E-state index is 0.820. The smallest absolute Gasteiger partial charge is 0.159 e. The lowest BCUT2D eigenvalue weighted by molar-refractivity contribution is 0.311. The summed E-state index contributed by atoms with van der Waals surface area (Å²) in [6, 6.07) is 8.95. The summed E-state index contributed by atoms with van der Waals surface area (Å²) >= 11 is 0. The highest BCUT2D eigenvalue weighted by Gasteiger charge is 2.23. The van der Waals surface area contributed by atoms with E-state index in [9.17, 15) is 0 Å². The maximum Gasteiger partial charge on any atom is 0.159 e. The lowest BCUT2D eigenvalue weighted by Gasteiger charge is -2.27. The Hall–Kier alpha value is -1.70. The predicted octanol–water partition coefficient (Wildman–Crippen LogP) is 7.98. The minimum Gasteiger partial charge on any atom is -0.236 e. The molecule has 0 spiro atoms. The first-order chi connectivity index (χ1) is 14.7. The van der Waals surface area contributed by atoms with Crippen molar-refractivity contribution in [1.82, 2.24) is 9.97 Å². The number of rotatable bonds is 12. The lowest BCUT2D eigenvalue weighted by atomic mass is 9.79. The average molecular weight is 407 g/mol. The third-order valence-electron chi connectivity index (χ3n) is 6.99. The Balaban J connectivity index is 1.58. The van der Waals surface area contributed by atoms with Crippen LogP contribution in [0.1, 0.15) is 102 Å². The fourth-order valence-electron chi connectivity index (χ4n) is 4.95. The normalized spacial score (nSPS) is 17.0. The van der Waals surface area contributed by atoms with Crippen LogP contribution in [-0.2, 0) is 19.3 Å². The topological polar surface area (TPSA) is 25.8 Å². The number of nitrogens with zero attached hydrogens (tertiary/aromatic N) is 2. The Kier molecular flexibility index (Phi) is 9.36. The van der Waals surface area contributed by atoms with E-state index >= 15 is 0 Å². The SMILES string of the molecule is CCCCCCc1ccc(-c2ncc3c(n2)CCC(CC(CC)CCCC)C3)cc1. The van der Waals surface area contributed by atoms with Gasteiger partial charge in [-0.25, -0.2) is 9.97 Å². The second-order valence-electron chi connectivity index (χ2n) is 9.43. The number of aromatic nitrogens is 2. The fourth-order valence-corrected chi connectivity index (χ4v) is 4.95. The Labute approximate surface area is 184 Å². The van der Waals surface area contributed by atoms with Gasteiger partial charge in [-0.05, 0) is 61.5 Å². The van der Waals surface area contributed by atoms with Gasteiger partial charge in [0.25, 0.3) is 0 Å². The molecule has 0 aliphatic heterocycles. The number of aryl methyl sites for hydroxylation is 2. The third-order valence-corrected chi connectivity index (χ3v) is 6.99. The Morgan fingerprint density at radius 2 is 1.77 bits per heavy atom. The lowest BCUT2D eigenvalue weighted by Crippen LogP contribution is -2.19. The van der Waals surface area contributed by atoms with Gasteiger partial charge in [0.2, 0.25) is 0 Å². The van der Waals surface area contributed by atoms with Crippen molar-refractivity contribution >= 4 is 0 Å². The van der Waals surface area contributed by atoms with Crippen LogP contribution in [-0.4, -0.2) is 9.97 Å². The maximum absolute atomic E-state index is 4.97. The Morgan fingerprint density at radius 3 is 2.50 bits per heavy atom. The predicted molar refractivity (Wildman–Crippen MR) is 129 cm³/mol. The zero-order valence-corrected chi connectivity index (χ0v) is 19.6. The molecule has 1 aliphatic rings. The number of hydrogen-bond donors (Lipinski definition) is 0. The first-order valence-electron chi connectivity index (χ1n) is 12.7. The van der Waals surface area contributed by atoms with Crippen molar-refractivity contribution in [2.75, 3.05) is 0 Å². The van der Waals surface area contributed by atoms with E-state index in [-0.39, 0.29) is 0 Å². The molecule has 1 aromatic heterocycles. The molecular formula is C28H42N2. The molecule has 0 saturated carbocycles. The molecule has 0 bridgehead atoms. The molecule has 0 fully saturated rings. The number of unbranched alkanes of at least 4 members (excludes halogenated alkanes) is 4. The summed E-state index contributed by atoms with van der Waals surface area (Å²) in [6.07, 6.45) is 19.0. The minimum atomic E-state index is 0.820. The van der Waals surface area contributed by atoms with E-state index < -0.39 is 0 Å². The van der Waals surface area contributed by atoms with Gasteiger partial charge in [-0.15, -0.1) is 0 Å². The van der Waals surface area contributed by atoms with E-state index in [1.165, 1.54) is 93.9 Å². The molecule has 0 amide bonds. The first kappa shape index (κ1) is 23.0. The van der Waals surface area contributed by atoms with E-state index in [4.69, 9.17) is 9.97 Å². The molecule has 2 unspecified atom stereocenters. The third kappa shape index (κ3) is 6.65. The molecule has 2 atom stereocenters. The van der Waals surface area contributed by atoms with Crippen LogP contribution in [0.4, 0.5) is 0 Å². The molecule has 164 valence electrons. The van der Waals surface area contributed by atoms with Crippen molar-refractivity contribution in [2.24, 2.45) is 11.8 Å². The van der Waals surface area contributed by atoms with Crippen LogP contribution in [0.5, 0.6) is 0 Å².